The lowest BCUT2D eigenvalue weighted by Crippen LogP contribution is -2.01. The van der Waals surface area contributed by atoms with E-state index < -0.39 is 0 Å². The Labute approximate surface area is 51.8 Å². The fourth-order valence-electron chi connectivity index (χ4n) is 0. The normalized spacial score (nSPS) is 22.0. The SMILES string of the molecule is [SiH3]C([SiH3])C([SiH3])[SiH3]. The Morgan fingerprint density at radius 1 is 0.667 bits per heavy atom. The van der Waals surface area contributed by atoms with Crippen molar-refractivity contribution in [2.45, 2.75) is 10.3 Å². The number of hydrogen-bond acceptors (Lipinski definition) is 0. The molecular formula is C2H14Si4. The molecule has 0 amide bonds. The molecule has 0 heterocycles. The van der Waals surface area contributed by atoms with Crippen molar-refractivity contribution in [3.63, 3.8) is 0 Å². The summed E-state index contributed by atoms with van der Waals surface area (Å²) in [5, 5.41) is 2.51. The third-order valence-corrected chi connectivity index (χ3v) is 12.0. The molecule has 0 nitrogen and oxygen atoms in total. The Morgan fingerprint density at radius 3 is 0.833 bits per heavy atom. The van der Waals surface area contributed by atoms with Gasteiger partial charge in [-0.05, 0) is 0 Å². The van der Waals surface area contributed by atoms with Crippen molar-refractivity contribution in [1.29, 1.82) is 0 Å². The molecule has 0 bridgehead atoms. The molecule has 0 saturated carbocycles. The van der Waals surface area contributed by atoms with Crippen LogP contribution in [0.3, 0.4) is 0 Å². The van der Waals surface area contributed by atoms with E-state index in [9.17, 15) is 0 Å². The predicted octanol–water partition coefficient (Wildman–Crippen LogP) is -4.06. The summed E-state index contributed by atoms with van der Waals surface area (Å²) in [6.45, 7) is 0. The Kier molecular flexibility index (Phi) is 3.37. The first kappa shape index (κ1) is 6.87. The van der Waals surface area contributed by atoms with Gasteiger partial charge in [0.15, 0.2) is 0 Å². The van der Waals surface area contributed by atoms with Crippen LogP contribution in [0.2, 0.25) is 10.3 Å². The second-order valence-corrected chi connectivity index (χ2v) is 14.4. The first-order valence-corrected chi connectivity index (χ1v) is 7.26. The summed E-state index contributed by atoms with van der Waals surface area (Å²) in [6, 6.07) is 0. The molecular weight excluding hydrogens is 136 g/mol. The van der Waals surface area contributed by atoms with Crippen molar-refractivity contribution in [2.24, 2.45) is 0 Å². The Morgan fingerprint density at radius 2 is 0.833 bits per heavy atom. The predicted molar refractivity (Wildman–Crippen MR) is 47.3 cm³/mol. The lowest BCUT2D eigenvalue weighted by atomic mass is 10.9. The highest BCUT2D eigenvalue weighted by Crippen LogP contribution is 2.04. The van der Waals surface area contributed by atoms with Gasteiger partial charge in [-0.3, -0.25) is 0 Å². The molecule has 0 spiro atoms. The first-order valence-electron chi connectivity index (χ1n) is 2.64. The van der Waals surface area contributed by atoms with Gasteiger partial charge in [-0.2, -0.15) is 0 Å². The molecule has 0 aromatic heterocycles. The van der Waals surface area contributed by atoms with Crippen LogP contribution in [0.15, 0.2) is 0 Å². The second-order valence-electron chi connectivity index (χ2n) is 2.49. The average Bonchev–Trinajstić information content (AvgIpc) is 1.36. The molecule has 0 saturated heterocycles. The van der Waals surface area contributed by atoms with E-state index in [0.717, 1.165) is 0 Å². The van der Waals surface area contributed by atoms with Crippen LogP contribution in [0.4, 0.5) is 0 Å². The standard InChI is InChI=1S/C2H14Si4/c3-1(4)2(5)6/h1-2H,3-6H3. The van der Waals surface area contributed by atoms with Gasteiger partial charge in [0, 0.05) is 41.0 Å². The molecule has 0 unspecified atom stereocenters. The number of hydrogen-bond donors (Lipinski definition) is 0. The van der Waals surface area contributed by atoms with E-state index in [-0.39, 0.29) is 0 Å². The van der Waals surface area contributed by atoms with Crippen molar-refractivity contribution >= 4 is 41.0 Å². The summed E-state index contributed by atoms with van der Waals surface area (Å²) in [6.07, 6.45) is 0. The summed E-state index contributed by atoms with van der Waals surface area (Å²) in [5.74, 6) is 0. The quantitative estimate of drug-likeness (QED) is 0.334. The molecule has 0 radical (unpaired) electrons. The van der Waals surface area contributed by atoms with Gasteiger partial charge in [-0.25, -0.2) is 0 Å². The molecule has 0 rings (SSSR count). The van der Waals surface area contributed by atoms with Gasteiger partial charge in [0.25, 0.3) is 0 Å². The molecule has 6 heavy (non-hydrogen) atoms. The monoisotopic (exact) mass is 150 g/mol. The topological polar surface area (TPSA) is 0 Å². The molecule has 0 aliphatic rings. The highest BCUT2D eigenvalue weighted by atomic mass is 28.2. The molecule has 0 aliphatic heterocycles. The minimum absolute atomic E-state index is 1.25. The zero-order valence-corrected chi connectivity index (χ0v) is 13.2. The Balaban J connectivity index is 2.99. The van der Waals surface area contributed by atoms with Gasteiger partial charge in [-0.15, -0.1) is 0 Å². The highest BCUT2D eigenvalue weighted by Gasteiger charge is 1.96. The van der Waals surface area contributed by atoms with Crippen LogP contribution in [0.25, 0.3) is 0 Å². The van der Waals surface area contributed by atoms with Gasteiger partial charge >= 0.3 is 0 Å². The van der Waals surface area contributed by atoms with E-state index in [1.807, 2.05) is 0 Å². The van der Waals surface area contributed by atoms with Crippen LogP contribution in [-0.4, -0.2) is 41.0 Å². The van der Waals surface area contributed by atoms with Crippen LogP contribution < -0.4 is 0 Å². The van der Waals surface area contributed by atoms with Gasteiger partial charge in [-0.1, -0.05) is 10.3 Å². The largest absolute Gasteiger partial charge is 0.0694 e. The third kappa shape index (κ3) is 3.07. The molecule has 0 aliphatic carbocycles. The van der Waals surface area contributed by atoms with E-state index in [0.29, 0.717) is 0 Å². The molecule has 0 aromatic rings. The molecule has 0 N–H and O–H groups in total. The first-order chi connectivity index (χ1) is 2.64. The summed E-state index contributed by atoms with van der Waals surface area (Å²) < 4.78 is 0. The maximum Gasteiger partial charge on any atom is 0.00201 e. The highest BCUT2D eigenvalue weighted by molar-refractivity contribution is 6.48. The zero-order chi connectivity index (χ0) is 5.15. The van der Waals surface area contributed by atoms with Crippen LogP contribution >= 0.6 is 0 Å². The van der Waals surface area contributed by atoms with Crippen molar-refractivity contribution in [3.8, 4) is 0 Å². The van der Waals surface area contributed by atoms with Crippen molar-refractivity contribution in [2.75, 3.05) is 0 Å². The van der Waals surface area contributed by atoms with E-state index in [1.165, 1.54) is 51.3 Å². The van der Waals surface area contributed by atoms with Crippen LogP contribution in [-0.2, 0) is 0 Å². The summed E-state index contributed by atoms with van der Waals surface area (Å²) in [5.41, 5.74) is 0. The van der Waals surface area contributed by atoms with Crippen molar-refractivity contribution < 1.29 is 0 Å². The Bertz CT molecular complexity index is 26.5. The smallest absolute Gasteiger partial charge is 0.00201 e. The zero-order valence-electron chi connectivity index (χ0n) is 5.15. The summed E-state index contributed by atoms with van der Waals surface area (Å²) in [4.78, 5) is 0. The second kappa shape index (κ2) is 2.95. The van der Waals surface area contributed by atoms with Gasteiger partial charge in [0.2, 0.25) is 0 Å². The van der Waals surface area contributed by atoms with Crippen LogP contribution in [0, 0.1) is 0 Å². The Hall–Kier alpha value is 0.868. The van der Waals surface area contributed by atoms with Gasteiger partial charge in [0.1, 0.15) is 0 Å². The van der Waals surface area contributed by atoms with Gasteiger partial charge in [0.05, 0.1) is 0 Å². The molecule has 4 heteroatoms. The van der Waals surface area contributed by atoms with Crippen molar-refractivity contribution in [3.05, 3.63) is 0 Å². The fraction of sp³-hybridized carbons (Fsp3) is 1.00. The summed E-state index contributed by atoms with van der Waals surface area (Å²) in [7, 11) is 5.94. The van der Waals surface area contributed by atoms with Crippen LogP contribution in [0.1, 0.15) is 0 Å². The lowest BCUT2D eigenvalue weighted by Gasteiger charge is -2.04. The fourth-order valence-corrected chi connectivity index (χ4v) is 0. The molecule has 0 aromatic carbocycles. The maximum absolute atomic E-state index is 1.48. The van der Waals surface area contributed by atoms with E-state index in [2.05, 4.69) is 0 Å². The van der Waals surface area contributed by atoms with E-state index in [4.69, 9.17) is 0 Å². The number of rotatable bonds is 1. The molecule has 0 atom stereocenters. The third-order valence-electron chi connectivity index (χ3n) is 1.33. The minimum atomic E-state index is 1.25. The lowest BCUT2D eigenvalue weighted by molar-refractivity contribution is 1.25. The average molecular weight is 150 g/mol. The summed E-state index contributed by atoms with van der Waals surface area (Å²) >= 11 is 0. The molecule has 0 fully saturated rings. The minimum Gasteiger partial charge on any atom is -0.0694 e. The van der Waals surface area contributed by atoms with Crippen LogP contribution in [0.5, 0.6) is 0 Å². The maximum atomic E-state index is 1.48. The van der Waals surface area contributed by atoms with E-state index in [1.54, 1.807) is 0 Å². The van der Waals surface area contributed by atoms with Crippen molar-refractivity contribution in [1.82, 2.24) is 0 Å². The molecule has 38 valence electrons. The van der Waals surface area contributed by atoms with Gasteiger partial charge < -0.3 is 0 Å². The van der Waals surface area contributed by atoms with E-state index >= 15 is 0 Å².